The van der Waals surface area contributed by atoms with Crippen molar-refractivity contribution in [1.82, 2.24) is 4.90 Å². The molecule has 1 fully saturated rings. The molecule has 2 atom stereocenters. The number of benzene rings is 1. The van der Waals surface area contributed by atoms with Gasteiger partial charge in [0.15, 0.2) is 0 Å². The highest BCUT2D eigenvalue weighted by Gasteiger charge is 2.33. The molecule has 1 saturated heterocycles. The van der Waals surface area contributed by atoms with Crippen LogP contribution in [0.15, 0.2) is 18.2 Å². The largest absolute Gasteiger partial charge is 0.333 e. The highest BCUT2D eigenvalue weighted by Crippen LogP contribution is 2.29. The van der Waals surface area contributed by atoms with E-state index in [0.717, 1.165) is 19.3 Å². The second-order valence-corrected chi connectivity index (χ2v) is 5.70. The molecule has 1 aromatic carbocycles. The number of amides is 1. The molecule has 1 aliphatic heterocycles. The van der Waals surface area contributed by atoms with Gasteiger partial charge in [-0.2, -0.15) is 0 Å². The van der Waals surface area contributed by atoms with Crippen LogP contribution in [0.2, 0.25) is 5.02 Å². The number of hydrogen-bond donors (Lipinski definition) is 0. The first-order chi connectivity index (χ1) is 9.41. The van der Waals surface area contributed by atoms with Gasteiger partial charge in [0.05, 0.1) is 4.92 Å². The number of likely N-dealkylation sites (tertiary alicyclic amines) is 1. The summed E-state index contributed by atoms with van der Waals surface area (Å²) in [5, 5.41) is 11.4. The van der Waals surface area contributed by atoms with E-state index < -0.39 is 4.92 Å². The summed E-state index contributed by atoms with van der Waals surface area (Å²) < 4.78 is 0. The van der Waals surface area contributed by atoms with Crippen molar-refractivity contribution in [2.45, 2.75) is 45.2 Å². The summed E-state index contributed by atoms with van der Waals surface area (Å²) in [6.45, 7) is 3.96. The number of halogens is 1. The van der Waals surface area contributed by atoms with E-state index >= 15 is 0 Å². The van der Waals surface area contributed by atoms with Gasteiger partial charge < -0.3 is 4.90 Å². The Bertz CT molecular complexity index is 537. The Hall–Kier alpha value is -1.62. The lowest BCUT2D eigenvalue weighted by molar-refractivity contribution is -0.385. The van der Waals surface area contributed by atoms with Crippen LogP contribution in [0.5, 0.6) is 0 Å². The molecule has 0 spiro atoms. The van der Waals surface area contributed by atoms with Crippen molar-refractivity contribution in [2.75, 3.05) is 0 Å². The lowest BCUT2D eigenvalue weighted by Crippen LogP contribution is -2.47. The van der Waals surface area contributed by atoms with Crippen LogP contribution >= 0.6 is 11.6 Å². The van der Waals surface area contributed by atoms with Crippen molar-refractivity contribution in [3.63, 3.8) is 0 Å². The highest BCUT2D eigenvalue weighted by molar-refractivity contribution is 6.31. The summed E-state index contributed by atoms with van der Waals surface area (Å²) in [5.74, 6) is -0.284. The molecule has 20 heavy (non-hydrogen) atoms. The summed E-state index contributed by atoms with van der Waals surface area (Å²) in [6, 6.07) is 4.38. The molecular weight excluding hydrogens is 280 g/mol. The third-order valence-corrected chi connectivity index (χ3v) is 4.05. The van der Waals surface area contributed by atoms with E-state index in [-0.39, 0.29) is 34.3 Å². The van der Waals surface area contributed by atoms with E-state index in [1.54, 1.807) is 4.90 Å². The van der Waals surface area contributed by atoms with Gasteiger partial charge in [-0.1, -0.05) is 11.6 Å². The van der Waals surface area contributed by atoms with Gasteiger partial charge in [-0.25, -0.2) is 0 Å². The zero-order valence-corrected chi connectivity index (χ0v) is 12.3. The van der Waals surface area contributed by atoms with Crippen LogP contribution in [-0.2, 0) is 0 Å². The third-order valence-electron chi connectivity index (χ3n) is 3.81. The molecule has 1 aliphatic rings. The van der Waals surface area contributed by atoms with Crippen LogP contribution in [0.4, 0.5) is 5.69 Å². The number of piperidine rings is 1. The van der Waals surface area contributed by atoms with Gasteiger partial charge in [0.2, 0.25) is 0 Å². The molecule has 1 heterocycles. The fraction of sp³-hybridized carbons (Fsp3) is 0.500. The summed E-state index contributed by atoms with van der Waals surface area (Å²) in [5.41, 5.74) is -0.118. The van der Waals surface area contributed by atoms with Gasteiger partial charge in [0, 0.05) is 23.2 Å². The van der Waals surface area contributed by atoms with Crippen LogP contribution in [-0.4, -0.2) is 27.8 Å². The maximum absolute atomic E-state index is 12.6. The Balaban J connectivity index is 2.40. The average Bonchev–Trinajstić information content (AvgIpc) is 2.38. The zero-order valence-electron chi connectivity index (χ0n) is 11.5. The van der Waals surface area contributed by atoms with E-state index in [0.29, 0.717) is 0 Å². The first-order valence-electron chi connectivity index (χ1n) is 6.68. The Morgan fingerprint density at radius 2 is 1.95 bits per heavy atom. The Morgan fingerprint density at radius 3 is 2.50 bits per heavy atom. The average molecular weight is 297 g/mol. The van der Waals surface area contributed by atoms with Crippen molar-refractivity contribution in [1.29, 1.82) is 0 Å². The minimum atomic E-state index is -0.557. The second kappa shape index (κ2) is 5.79. The van der Waals surface area contributed by atoms with Crippen LogP contribution in [0.1, 0.15) is 43.5 Å². The van der Waals surface area contributed by atoms with Crippen molar-refractivity contribution >= 4 is 23.2 Å². The summed E-state index contributed by atoms with van der Waals surface area (Å²) >= 11 is 5.78. The molecule has 5 nitrogen and oxygen atoms in total. The molecule has 0 bridgehead atoms. The third kappa shape index (κ3) is 2.77. The zero-order chi connectivity index (χ0) is 14.9. The summed E-state index contributed by atoms with van der Waals surface area (Å²) in [7, 11) is 0. The molecule has 108 valence electrons. The minimum Gasteiger partial charge on any atom is -0.333 e. The Kier molecular flexibility index (Phi) is 4.28. The van der Waals surface area contributed by atoms with Crippen LogP contribution in [0.25, 0.3) is 0 Å². The van der Waals surface area contributed by atoms with Gasteiger partial charge in [-0.15, -0.1) is 0 Å². The van der Waals surface area contributed by atoms with Crippen molar-refractivity contribution in [2.24, 2.45) is 0 Å². The lowest BCUT2D eigenvalue weighted by atomic mass is 9.96. The monoisotopic (exact) mass is 296 g/mol. The summed E-state index contributed by atoms with van der Waals surface area (Å²) in [6.07, 6.45) is 2.93. The number of rotatable bonds is 2. The number of hydrogen-bond acceptors (Lipinski definition) is 3. The Labute approximate surface area is 122 Å². The predicted octanol–water partition coefficient (Wildman–Crippen LogP) is 3.65. The Morgan fingerprint density at radius 1 is 1.35 bits per heavy atom. The molecule has 0 N–H and O–H groups in total. The number of carbonyl (C=O) groups excluding carboxylic acids is 1. The fourth-order valence-corrected chi connectivity index (χ4v) is 2.96. The molecule has 0 aromatic heterocycles. The molecule has 0 unspecified atom stereocenters. The molecule has 0 radical (unpaired) electrons. The lowest BCUT2D eigenvalue weighted by Gasteiger charge is -2.39. The van der Waals surface area contributed by atoms with Gasteiger partial charge in [-0.3, -0.25) is 14.9 Å². The minimum absolute atomic E-state index is 0.0986. The number of nitro groups is 1. The van der Waals surface area contributed by atoms with E-state index in [1.807, 2.05) is 13.8 Å². The van der Waals surface area contributed by atoms with E-state index in [4.69, 9.17) is 11.6 Å². The fourth-order valence-electron chi connectivity index (χ4n) is 2.80. The van der Waals surface area contributed by atoms with E-state index in [1.165, 1.54) is 18.2 Å². The SMILES string of the molecule is C[C@@H]1CCC[C@H](C)N1C(=O)c1ccc(Cl)cc1[N+](=O)[O-]. The van der Waals surface area contributed by atoms with Crippen LogP contribution in [0, 0.1) is 10.1 Å². The maximum atomic E-state index is 12.6. The topological polar surface area (TPSA) is 63.5 Å². The maximum Gasteiger partial charge on any atom is 0.283 e. The molecule has 0 aliphatic carbocycles. The molecule has 0 saturated carbocycles. The highest BCUT2D eigenvalue weighted by atomic mass is 35.5. The summed E-state index contributed by atoms with van der Waals surface area (Å²) in [4.78, 5) is 24.9. The number of carbonyl (C=O) groups is 1. The van der Waals surface area contributed by atoms with Crippen molar-refractivity contribution in [3.05, 3.63) is 38.9 Å². The first kappa shape index (κ1) is 14.8. The molecule has 1 aromatic rings. The van der Waals surface area contributed by atoms with Crippen molar-refractivity contribution in [3.8, 4) is 0 Å². The second-order valence-electron chi connectivity index (χ2n) is 5.26. The van der Waals surface area contributed by atoms with E-state index in [9.17, 15) is 14.9 Å². The number of nitrogens with zero attached hydrogens (tertiary/aromatic N) is 2. The quantitative estimate of drug-likeness (QED) is 0.618. The normalized spacial score (nSPS) is 22.6. The molecular formula is C14H17ClN2O3. The molecule has 6 heteroatoms. The van der Waals surface area contributed by atoms with Gasteiger partial charge in [0.25, 0.3) is 11.6 Å². The number of nitro benzene ring substituents is 1. The van der Waals surface area contributed by atoms with Gasteiger partial charge >= 0.3 is 0 Å². The van der Waals surface area contributed by atoms with Crippen molar-refractivity contribution < 1.29 is 9.72 Å². The van der Waals surface area contributed by atoms with E-state index in [2.05, 4.69) is 0 Å². The van der Waals surface area contributed by atoms with Gasteiger partial charge in [0.1, 0.15) is 5.56 Å². The standard InChI is InChI=1S/C14H17ClN2O3/c1-9-4-3-5-10(2)16(9)14(18)12-7-6-11(15)8-13(12)17(19)20/h6-10H,3-5H2,1-2H3/t9-,10+. The molecule has 2 rings (SSSR count). The predicted molar refractivity (Wildman–Crippen MR) is 77.1 cm³/mol. The first-order valence-corrected chi connectivity index (χ1v) is 7.06. The molecule has 1 amide bonds. The van der Waals surface area contributed by atoms with Gasteiger partial charge in [-0.05, 0) is 45.2 Å². The van der Waals surface area contributed by atoms with Crippen LogP contribution in [0.3, 0.4) is 0 Å². The van der Waals surface area contributed by atoms with Crippen LogP contribution < -0.4 is 0 Å². The smallest absolute Gasteiger partial charge is 0.283 e.